The number of carbonyl (C=O) groups excluding carboxylic acids is 2. The molecule has 1 aromatic heterocycles. The average Bonchev–Trinajstić information content (AvgIpc) is 3.34. The van der Waals surface area contributed by atoms with Crippen LogP contribution in [0.5, 0.6) is 0 Å². The molecule has 4 aromatic rings. The summed E-state index contributed by atoms with van der Waals surface area (Å²) in [5, 5.41) is 3.82. The summed E-state index contributed by atoms with van der Waals surface area (Å²) in [5.41, 5.74) is 3.85. The van der Waals surface area contributed by atoms with Crippen LogP contribution in [0, 0.1) is 0 Å². The summed E-state index contributed by atoms with van der Waals surface area (Å²) in [7, 11) is 0. The summed E-state index contributed by atoms with van der Waals surface area (Å²) in [5.74, 6) is 0.0224. The van der Waals surface area contributed by atoms with Crippen LogP contribution < -0.4 is 5.32 Å². The van der Waals surface area contributed by atoms with Crippen LogP contribution in [0.15, 0.2) is 96.2 Å². The van der Waals surface area contributed by atoms with E-state index in [4.69, 9.17) is 4.74 Å². The predicted octanol–water partition coefficient (Wildman–Crippen LogP) is 5.60. The first kappa shape index (κ1) is 22.8. The van der Waals surface area contributed by atoms with Gasteiger partial charge in [-0.1, -0.05) is 84.1 Å². The van der Waals surface area contributed by atoms with Crippen molar-refractivity contribution in [3.8, 4) is 0 Å². The van der Waals surface area contributed by atoms with E-state index in [1.165, 1.54) is 11.3 Å². The number of hydrogen-bond acceptors (Lipinski definition) is 7. The molecule has 2 aliphatic rings. The van der Waals surface area contributed by atoms with E-state index in [9.17, 15) is 9.59 Å². The van der Waals surface area contributed by atoms with Crippen LogP contribution in [0.25, 0.3) is 10.2 Å². The Labute approximate surface area is 217 Å². The van der Waals surface area contributed by atoms with E-state index < -0.39 is 18.1 Å². The number of β-lactam (4-membered cyclic amide) rings is 1. The number of para-hydroxylation sites is 1. The van der Waals surface area contributed by atoms with Crippen molar-refractivity contribution in [2.75, 3.05) is 11.1 Å². The van der Waals surface area contributed by atoms with Crippen molar-refractivity contribution < 1.29 is 14.3 Å². The number of nitrogens with one attached hydrogen (secondary N) is 1. The number of thioether (sulfide) groups is 1. The van der Waals surface area contributed by atoms with Gasteiger partial charge in [-0.15, -0.1) is 11.8 Å². The minimum absolute atomic E-state index is 0.145. The molecular formula is C28H23N3O3S2. The standard InChI is InChI=1S/C28H23N3O3S2/c1-17-16-35-26-22(30-28-29-20-14-8-9-15-21(20)36-28)25(32)31(26)23(17)27(33)34-24(18-10-4-2-5-11-18)19-12-6-3-7-13-19/h2-15,22,24,26H,16H2,1H3,(H,29,30)/t22-,26-/m1/s1. The van der Waals surface area contributed by atoms with Crippen molar-refractivity contribution in [3.63, 3.8) is 0 Å². The predicted molar refractivity (Wildman–Crippen MR) is 144 cm³/mol. The molecule has 0 saturated carbocycles. The molecule has 2 aliphatic heterocycles. The molecule has 0 aliphatic carbocycles. The van der Waals surface area contributed by atoms with Gasteiger partial charge in [0.25, 0.3) is 5.91 Å². The summed E-state index contributed by atoms with van der Waals surface area (Å²) in [6.45, 7) is 1.89. The first-order valence-corrected chi connectivity index (χ1v) is 13.5. The number of esters is 1. The maximum Gasteiger partial charge on any atom is 0.356 e. The Balaban J connectivity index is 1.24. The van der Waals surface area contributed by atoms with Gasteiger partial charge in [0, 0.05) is 5.75 Å². The summed E-state index contributed by atoms with van der Waals surface area (Å²) in [4.78, 5) is 33.0. The fourth-order valence-corrected chi connectivity index (χ4v) is 6.77. The van der Waals surface area contributed by atoms with Gasteiger partial charge in [0.2, 0.25) is 0 Å². The summed E-state index contributed by atoms with van der Waals surface area (Å²) >= 11 is 3.17. The first-order chi connectivity index (χ1) is 17.6. The molecule has 1 fully saturated rings. The normalized spacial score (nSPS) is 19.3. The molecule has 0 radical (unpaired) electrons. The molecule has 6 rings (SSSR count). The van der Waals surface area contributed by atoms with E-state index in [1.54, 1.807) is 16.7 Å². The number of hydrogen-bond donors (Lipinski definition) is 1. The Morgan fingerprint density at radius 3 is 2.31 bits per heavy atom. The Morgan fingerprint density at radius 1 is 1.00 bits per heavy atom. The van der Waals surface area contributed by atoms with Crippen molar-refractivity contribution in [3.05, 3.63) is 107 Å². The van der Waals surface area contributed by atoms with Gasteiger partial charge in [0.15, 0.2) is 11.2 Å². The Bertz CT molecular complexity index is 1400. The Hall–Kier alpha value is -3.62. The number of nitrogens with zero attached hydrogens (tertiary/aromatic N) is 2. The number of fused-ring (bicyclic) bond motifs is 2. The second-order valence-electron chi connectivity index (χ2n) is 8.75. The number of amides is 1. The molecule has 1 amide bonds. The second kappa shape index (κ2) is 9.44. The van der Waals surface area contributed by atoms with Crippen LogP contribution in [0.2, 0.25) is 0 Å². The van der Waals surface area contributed by atoms with Crippen molar-refractivity contribution in [1.29, 1.82) is 0 Å². The smallest absolute Gasteiger partial charge is 0.356 e. The lowest BCUT2D eigenvalue weighted by molar-refractivity contribution is -0.152. The molecule has 3 aromatic carbocycles. The number of anilines is 1. The third kappa shape index (κ3) is 4.06. The average molecular weight is 514 g/mol. The molecule has 2 atom stereocenters. The van der Waals surface area contributed by atoms with Crippen LogP contribution in [-0.4, -0.2) is 38.9 Å². The lowest BCUT2D eigenvalue weighted by atomic mass is 10.0. The molecule has 3 heterocycles. The highest BCUT2D eigenvalue weighted by atomic mass is 32.2. The van der Waals surface area contributed by atoms with Gasteiger partial charge in [0.1, 0.15) is 17.1 Å². The molecule has 6 nitrogen and oxygen atoms in total. The quantitative estimate of drug-likeness (QED) is 0.267. The molecule has 0 spiro atoms. The van der Waals surface area contributed by atoms with Crippen molar-refractivity contribution in [2.24, 2.45) is 0 Å². The number of thiazole rings is 1. The number of benzene rings is 3. The van der Waals surface area contributed by atoms with Crippen LogP contribution in [0.4, 0.5) is 5.13 Å². The molecule has 180 valence electrons. The van der Waals surface area contributed by atoms with E-state index in [-0.39, 0.29) is 11.3 Å². The molecule has 36 heavy (non-hydrogen) atoms. The van der Waals surface area contributed by atoms with Crippen LogP contribution in [0.3, 0.4) is 0 Å². The Kier molecular flexibility index (Phi) is 5.99. The number of carbonyl (C=O) groups is 2. The van der Waals surface area contributed by atoms with E-state index in [2.05, 4.69) is 10.3 Å². The fraction of sp³-hybridized carbons (Fsp3) is 0.179. The monoisotopic (exact) mass is 513 g/mol. The van der Waals surface area contributed by atoms with Crippen LogP contribution in [0.1, 0.15) is 24.2 Å². The Morgan fingerprint density at radius 2 is 1.64 bits per heavy atom. The van der Waals surface area contributed by atoms with Gasteiger partial charge in [-0.25, -0.2) is 9.78 Å². The number of ether oxygens (including phenoxy) is 1. The lowest BCUT2D eigenvalue weighted by Crippen LogP contribution is -2.67. The maximum absolute atomic E-state index is 13.6. The van der Waals surface area contributed by atoms with Gasteiger partial charge in [-0.3, -0.25) is 9.69 Å². The number of rotatable bonds is 6. The van der Waals surface area contributed by atoms with Crippen LogP contribution >= 0.6 is 23.1 Å². The highest BCUT2D eigenvalue weighted by molar-refractivity contribution is 8.00. The van der Waals surface area contributed by atoms with Gasteiger partial charge in [-0.05, 0) is 35.8 Å². The highest BCUT2D eigenvalue weighted by Gasteiger charge is 2.54. The zero-order valence-electron chi connectivity index (χ0n) is 19.5. The number of aromatic nitrogens is 1. The zero-order valence-corrected chi connectivity index (χ0v) is 21.1. The summed E-state index contributed by atoms with van der Waals surface area (Å²) in [6, 6.07) is 26.8. The van der Waals surface area contributed by atoms with E-state index in [1.807, 2.05) is 91.9 Å². The maximum atomic E-state index is 13.6. The van der Waals surface area contributed by atoms with Gasteiger partial charge < -0.3 is 10.1 Å². The van der Waals surface area contributed by atoms with Gasteiger partial charge >= 0.3 is 5.97 Å². The molecule has 1 saturated heterocycles. The van der Waals surface area contributed by atoms with Crippen molar-refractivity contribution in [1.82, 2.24) is 9.88 Å². The first-order valence-electron chi connectivity index (χ1n) is 11.7. The molecule has 8 heteroatoms. The second-order valence-corrected chi connectivity index (χ2v) is 10.9. The third-order valence-corrected chi connectivity index (χ3v) is 8.75. The lowest BCUT2D eigenvalue weighted by Gasteiger charge is -2.49. The largest absolute Gasteiger partial charge is 0.448 e. The van der Waals surface area contributed by atoms with Crippen molar-refractivity contribution >= 4 is 50.3 Å². The fourth-order valence-electron chi connectivity index (χ4n) is 4.58. The molecular weight excluding hydrogens is 490 g/mol. The van der Waals surface area contributed by atoms with Gasteiger partial charge in [0.05, 0.1) is 10.2 Å². The van der Waals surface area contributed by atoms with E-state index in [0.29, 0.717) is 16.6 Å². The molecule has 1 N–H and O–H groups in total. The van der Waals surface area contributed by atoms with E-state index >= 15 is 0 Å². The summed E-state index contributed by atoms with van der Waals surface area (Å²) in [6.07, 6.45) is -0.568. The van der Waals surface area contributed by atoms with E-state index in [0.717, 1.165) is 26.9 Å². The highest BCUT2D eigenvalue weighted by Crippen LogP contribution is 2.43. The zero-order chi connectivity index (χ0) is 24.6. The van der Waals surface area contributed by atoms with Gasteiger partial charge in [-0.2, -0.15) is 0 Å². The minimum atomic E-state index is -0.568. The van der Waals surface area contributed by atoms with Crippen LogP contribution in [-0.2, 0) is 14.3 Å². The molecule has 0 bridgehead atoms. The third-order valence-electron chi connectivity index (χ3n) is 6.35. The minimum Gasteiger partial charge on any atom is -0.448 e. The SMILES string of the molecule is CC1=C(C(=O)OC(c2ccccc2)c2ccccc2)N2C(=O)[C@@H](Nc3nc4ccccc4s3)[C@H]2SC1. The summed E-state index contributed by atoms with van der Waals surface area (Å²) < 4.78 is 7.16. The van der Waals surface area contributed by atoms with Crippen molar-refractivity contribution in [2.45, 2.75) is 24.4 Å². The topological polar surface area (TPSA) is 71.5 Å². The molecule has 0 unspecified atom stereocenters.